The monoisotopic (exact) mass is 394 g/mol. The van der Waals surface area contributed by atoms with Gasteiger partial charge in [0.15, 0.2) is 0 Å². The molecule has 0 radical (unpaired) electrons. The maximum Gasteiger partial charge on any atom is 0.311 e. The standard InChI is InChI=1S/C17H12Cl2N2O5/c18-11-5-4-10(8-13(11)21(24)25)20-15(22)6-9-7-16(23)26-14-3-1-2-12(19)17(9)14/h1-5,8-9H,6-7H2,(H,20,22)/t9-/m1/s1. The Morgan fingerprint density at radius 1 is 1.27 bits per heavy atom. The molecule has 26 heavy (non-hydrogen) atoms. The van der Waals surface area contributed by atoms with Crippen LogP contribution in [0, 0.1) is 10.1 Å². The Bertz CT molecular complexity index is 916. The number of carbonyl (C=O) groups excluding carboxylic acids is 2. The van der Waals surface area contributed by atoms with Crippen molar-refractivity contribution in [3.63, 3.8) is 0 Å². The molecular weight excluding hydrogens is 383 g/mol. The Hall–Kier alpha value is -2.64. The smallest absolute Gasteiger partial charge is 0.311 e. The second kappa shape index (κ2) is 7.31. The minimum atomic E-state index is -0.634. The summed E-state index contributed by atoms with van der Waals surface area (Å²) in [4.78, 5) is 34.4. The number of benzene rings is 2. The molecule has 1 aliphatic heterocycles. The van der Waals surface area contributed by atoms with Crippen molar-refractivity contribution in [2.24, 2.45) is 0 Å². The molecule has 2 aromatic carbocycles. The van der Waals surface area contributed by atoms with Gasteiger partial charge < -0.3 is 10.1 Å². The molecule has 0 spiro atoms. The molecule has 0 saturated heterocycles. The fourth-order valence-electron chi connectivity index (χ4n) is 2.81. The largest absolute Gasteiger partial charge is 0.426 e. The lowest BCUT2D eigenvalue weighted by atomic mass is 9.89. The minimum Gasteiger partial charge on any atom is -0.426 e. The number of nitro groups is 1. The fourth-order valence-corrected chi connectivity index (χ4v) is 3.32. The zero-order valence-electron chi connectivity index (χ0n) is 13.2. The number of anilines is 1. The van der Waals surface area contributed by atoms with Gasteiger partial charge in [0.05, 0.1) is 11.3 Å². The molecule has 0 saturated carbocycles. The number of esters is 1. The van der Waals surface area contributed by atoms with Crippen molar-refractivity contribution in [1.29, 1.82) is 0 Å². The van der Waals surface area contributed by atoms with Gasteiger partial charge in [0, 0.05) is 34.7 Å². The summed E-state index contributed by atoms with van der Waals surface area (Å²) < 4.78 is 5.15. The number of amides is 1. The molecule has 2 aromatic rings. The van der Waals surface area contributed by atoms with Crippen LogP contribution < -0.4 is 10.1 Å². The molecule has 0 aliphatic carbocycles. The Balaban J connectivity index is 1.78. The molecule has 0 bridgehead atoms. The highest BCUT2D eigenvalue weighted by molar-refractivity contribution is 6.32. The maximum atomic E-state index is 12.4. The van der Waals surface area contributed by atoms with Gasteiger partial charge in [-0.1, -0.05) is 29.3 Å². The lowest BCUT2D eigenvalue weighted by Gasteiger charge is -2.25. The molecule has 1 N–H and O–H groups in total. The second-order valence-electron chi connectivity index (χ2n) is 5.70. The van der Waals surface area contributed by atoms with Crippen LogP contribution in [0.3, 0.4) is 0 Å². The summed E-state index contributed by atoms with van der Waals surface area (Å²) in [6.45, 7) is 0. The SMILES string of the molecule is O=C(C[C@@H]1CC(=O)Oc2cccc(Cl)c21)Nc1ccc(Cl)c([N+](=O)[O-])c1. The maximum absolute atomic E-state index is 12.4. The second-order valence-corrected chi connectivity index (χ2v) is 6.52. The molecule has 1 amide bonds. The van der Waals surface area contributed by atoms with Crippen molar-refractivity contribution >= 4 is 46.5 Å². The van der Waals surface area contributed by atoms with Crippen LogP contribution in [0.15, 0.2) is 36.4 Å². The molecule has 0 aromatic heterocycles. The highest BCUT2D eigenvalue weighted by atomic mass is 35.5. The predicted molar refractivity (Wildman–Crippen MR) is 95.8 cm³/mol. The summed E-state index contributed by atoms with van der Waals surface area (Å²) >= 11 is 11.9. The van der Waals surface area contributed by atoms with Crippen LogP contribution in [0.2, 0.25) is 10.0 Å². The minimum absolute atomic E-state index is 0.0188. The zero-order chi connectivity index (χ0) is 18.8. The van der Waals surface area contributed by atoms with Gasteiger partial charge in [-0.15, -0.1) is 0 Å². The van der Waals surface area contributed by atoms with Gasteiger partial charge in [-0.3, -0.25) is 19.7 Å². The van der Waals surface area contributed by atoms with Gasteiger partial charge in [-0.2, -0.15) is 0 Å². The fraction of sp³-hybridized carbons (Fsp3) is 0.176. The number of fused-ring (bicyclic) bond motifs is 1. The number of hydrogen-bond donors (Lipinski definition) is 1. The molecule has 0 unspecified atom stereocenters. The first kappa shape index (κ1) is 18.2. The Morgan fingerprint density at radius 2 is 2.04 bits per heavy atom. The highest BCUT2D eigenvalue weighted by Gasteiger charge is 2.30. The number of nitrogens with one attached hydrogen (secondary N) is 1. The lowest BCUT2D eigenvalue weighted by Crippen LogP contribution is -2.24. The van der Waals surface area contributed by atoms with E-state index in [2.05, 4.69) is 5.32 Å². The van der Waals surface area contributed by atoms with Crippen molar-refractivity contribution in [2.45, 2.75) is 18.8 Å². The summed E-state index contributed by atoms with van der Waals surface area (Å²) in [5.74, 6) is -0.956. The van der Waals surface area contributed by atoms with Crippen LogP contribution in [-0.4, -0.2) is 16.8 Å². The van der Waals surface area contributed by atoms with Crippen molar-refractivity contribution < 1.29 is 19.2 Å². The van der Waals surface area contributed by atoms with E-state index in [1.165, 1.54) is 18.2 Å². The van der Waals surface area contributed by atoms with Gasteiger partial charge in [0.2, 0.25) is 5.91 Å². The molecule has 3 rings (SSSR count). The third kappa shape index (κ3) is 3.79. The van der Waals surface area contributed by atoms with Crippen molar-refractivity contribution in [1.82, 2.24) is 0 Å². The molecule has 1 heterocycles. The Kier molecular flexibility index (Phi) is 5.11. The van der Waals surface area contributed by atoms with Gasteiger partial charge in [-0.25, -0.2) is 0 Å². The number of rotatable bonds is 4. The number of hydrogen-bond acceptors (Lipinski definition) is 5. The number of halogens is 2. The zero-order valence-corrected chi connectivity index (χ0v) is 14.7. The van der Waals surface area contributed by atoms with Crippen LogP contribution in [0.4, 0.5) is 11.4 Å². The van der Waals surface area contributed by atoms with Crippen LogP contribution >= 0.6 is 23.2 Å². The Morgan fingerprint density at radius 3 is 2.77 bits per heavy atom. The topological polar surface area (TPSA) is 98.5 Å². The van der Waals surface area contributed by atoms with Crippen molar-refractivity contribution in [2.75, 3.05) is 5.32 Å². The van der Waals surface area contributed by atoms with E-state index in [9.17, 15) is 19.7 Å². The number of nitro benzene ring substituents is 1. The van der Waals surface area contributed by atoms with E-state index in [0.29, 0.717) is 16.3 Å². The average molecular weight is 395 g/mol. The van der Waals surface area contributed by atoms with E-state index in [1.807, 2.05) is 0 Å². The third-order valence-electron chi connectivity index (χ3n) is 3.92. The van der Waals surface area contributed by atoms with Crippen LogP contribution in [-0.2, 0) is 9.59 Å². The molecule has 1 aliphatic rings. The summed E-state index contributed by atoms with van der Waals surface area (Å²) in [6.07, 6.45) is -0.00677. The first-order chi connectivity index (χ1) is 12.3. The quantitative estimate of drug-likeness (QED) is 0.360. The van der Waals surface area contributed by atoms with E-state index in [4.69, 9.17) is 27.9 Å². The summed E-state index contributed by atoms with van der Waals surface area (Å²) in [7, 11) is 0. The predicted octanol–water partition coefficient (Wildman–Crippen LogP) is 4.32. The van der Waals surface area contributed by atoms with Gasteiger partial charge in [0.25, 0.3) is 5.69 Å². The van der Waals surface area contributed by atoms with Crippen LogP contribution in [0.25, 0.3) is 0 Å². The van der Waals surface area contributed by atoms with Crippen molar-refractivity contribution in [3.05, 3.63) is 62.1 Å². The molecule has 1 atom stereocenters. The van der Waals surface area contributed by atoms with Crippen molar-refractivity contribution in [3.8, 4) is 5.75 Å². The normalized spacial score (nSPS) is 15.8. The number of carbonyl (C=O) groups is 2. The number of ether oxygens (including phenoxy) is 1. The van der Waals surface area contributed by atoms with Gasteiger partial charge in [0.1, 0.15) is 10.8 Å². The highest BCUT2D eigenvalue weighted by Crippen LogP contribution is 2.41. The first-order valence-corrected chi connectivity index (χ1v) is 8.33. The van der Waals surface area contributed by atoms with E-state index < -0.39 is 22.7 Å². The number of nitrogens with zero attached hydrogens (tertiary/aromatic N) is 1. The lowest BCUT2D eigenvalue weighted by molar-refractivity contribution is -0.384. The van der Waals surface area contributed by atoms with E-state index in [1.54, 1.807) is 18.2 Å². The summed E-state index contributed by atoms with van der Waals surface area (Å²) in [5.41, 5.74) is 0.536. The third-order valence-corrected chi connectivity index (χ3v) is 4.57. The molecule has 134 valence electrons. The van der Waals surface area contributed by atoms with Crippen LogP contribution in [0.1, 0.15) is 24.3 Å². The summed E-state index contributed by atoms with van der Waals surface area (Å²) in [6, 6.07) is 8.90. The average Bonchev–Trinajstić information content (AvgIpc) is 2.56. The van der Waals surface area contributed by atoms with E-state index in [0.717, 1.165) is 0 Å². The van der Waals surface area contributed by atoms with Gasteiger partial charge in [-0.05, 0) is 24.3 Å². The first-order valence-electron chi connectivity index (χ1n) is 7.58. The Labute approximate surface area is 158 Å². The van der Waals surface area contributed by atoms with E-state index >= 15 is 0 Å². The van der Waals surface area contributed by atoms with E-state index in [-0.39, 0.29) is 29.2 Å². The van der Waals surface area contributed by atoms with Crippen LogP contribution in [0.5, 0.6) is 5.75 Å². The molecule has 7 nitrogen and oxygen atoms in total. The molecular formula is C17H12Cl2N2O5. The van der Waals surface area contributed by atoms with Gasteiger partial charge >= 0.3 is 5.97 Å². The molecule has 0 fully saturated rings. The summed E-state index contributed by atoms with van der Waals surface area (Å²) in [5, 5.41) is 13.9. The molecule has 9 heteroatoms.